The molecule has 28 heavy (non-hydrogen) atoms. The molecule has 2 rings (SSSR count). The van der Waals surface area contributed by atoms with Crippen molar-refractivity contribution in [1.82, 2.24) is 0 Å². The van der Waals surface area contributed by atoms with Gasteiger partial charge in [-0.15, -0.1) is 0 Å². The first kappa shape index (κ1) is 21.6. The van der Waals surface area contributed by atoms with E-state index in [9.17, 15) is 14.4 Å². The van der Waals surface area contributed by atoms with Crippen LogP contribution in [0.2, 0.25) is 0 Å². The summed E-state index contributed by atoms with van der Waals surface area (Å²) in [4.78, 5) is 10.9. The number of allylic oxidation sites excluding steroid dienone is 5. The molecule has 0 aliphatic heterocycles. The van der Waals surface area contributed by atoms with E-state index in [1.165, 1.54) is 24.3 Å². The average Bonchev–Trinajstić information content (AvgIpc) is 2.63. The molecule has 0 fully saturated rings. The number of carboxylic acid groups (broad SMARTS) is 1. The lowest BCUT2D eigenvalue weighted by Crippen LogP contribution is -2.22. The average molecular weight is 385 g/mol. The Morgan fingerprint density at radius 2 is 1.86 bits per heavy atom. The quantitative estimate of drug-likeness (QED) is 0.374. The molecule has 0 aromatic heterocycles. The number of hydrogen-bond acceptors (Lipinski definition) is 3. The summed E-state index contributed by atoms with van der Waals surface area (Å²) in [5, 5.41) is 21.8. The van der Waals surface area contributed by atoms with E-state index in [1.807, 2.05) is 12.2 Å². The number of aromatic carboxylic acids is 1. The van der Waals surface area contributed by atoms with E-state index in [1.54, 1.807) is 0 Å². The Kier molecular flexibility index (Phi) is 6.60. The maximum absolute atomic E-state index is 14.1. The lowest BCUT2D eigenvalue weighted by atomic mass is 9.72. The Morgan fingerprint density at radius 3 is 2.46 bits per heavy atom. The zero-order chi connectivity index (χ0) is 20.9. The SMILES string of the molecule is CC1(C)C\C=C/C(C(/C=C/c2ccc(C(=O)O)cc2F)=N/O)=C\CC(C)(C)C1. The van der Waals surface area contributed by atoms with E-state index in [0.717, 1.165) is 30.9 Å². The van der Waals surface area contributed by atoms with Crippen molar-refractivity contribution in [3.8, 4) is 0 Å². The van der Waals surface area contributed by atoms with Crippen LogP contribution in [-0.4, -0.2) is 22.0 Å². The second kappa shape index (κ2) is 8.55. The minimum absolute atomic E-state index is 0.101. The van der Waals surface area contributed by atoms with Gasteiger partial charge in [0.1, 0.15) is 11.5 Å². The van der Waals surface area contributed by atoms with Crippen molar-refractivity contribution >= 4 is 17.8 Å². The molecule has 4 nitrogen and oxygen atoms in total. The highest BCUT2D eigenvalue weighted by molar-refractivity contribution is 6.12. The van der Waals surface area contributed by atoms with Crippen LogP contribution in [0.3, 0.4) is 0 Å². The van der Waals surface area contributed by atoms with Crippen molar-refractivity contribution in [1.29, 1.82) is 0 Å². The summed E-state index contributed by atoms with van der Waals surface area (Å²) in [7, 11) is 0. The van der Waals surface area contributed by atoms with E-state index in [-0.39, 0.29) is 22.0 Å². The Hall–Kier alpha value is -2.69. The molecule has 1 aliphatic rings. The zero-order valence-electron chi connectivity index (χ0n) is 16.9. The summed E-state index contributed by atoms with van der Waals surface area (Å²) in [5.41, 5.74) is 1.48. The molecule has 5 heteroatoms. The molecule has 2 N–H and O–H groups in total. The summed E-state index contributed by atoms with van der Waals surface area (Å²) in [5.74, 6) is -1.83. The van der Waals surface area contributed by atoms with Crippen LogP contribution < -0.4 is 0 Å². The van der Waals surface area contributed by atoms with Crippen LogP contribution in [0.15, 0.2) is 53.2 Å². The highest BCUT2D eigenvalue weighted by Crippen LogP contribution is 2.40. The van der Waals surface area contributed by atoms with Crippen LogP contribution in [-0.2, 0) is 0 Å². The minimum atomic E-state index is -1.18. The van der Waals surface area contributed by atoms with Gasteiger partial charge in [-0.1, -0.05) is 57.1 Å². The summed E-state index contributed by atoms with van der Waals surface area (Å²) >= 11 is 0. The fourth-order valence-corrected chi connectivity index (χ4v) is 3.74. The smallest absolute Gasteiger partial charge is 0.335 e. The van der Waals surface area contributed by atoms with Gasteiger partial charge >= 0.3 is 5.97 Å². The van der Waals surface area contributed by atoms with Gasteiger partial charge in [0.05, 0.1) is 5.56 Å². The molecule has 0 heterocycles. The van der Waals surface area contributed by atoms with Gasteiger partial charge in [0, 0.05) is 5.56 Å². The van der Waals surface area contributed by atoms with Gasteiger partial charge in [0.25, 0.3) is 0 Å². The Morgan fingerprint density at radius 1 is 1.18 bits per heavy atom. The van der Waals surface area contributed by atoms with Gasteiger partial charge in [0.2, 0.25) is 0 Å². The molecule has 1 aromatic carbocycles. The Labute approximate surface area is 165 Å². The first-order valence-electron chi connectivity index (χ1n) is 9.33. The molecule has 0 saturated heterocycles. The number of halogens is 1. The number of oxime groups is 1. The van der Waals surface area contributed by atoms with Gasteiger partial charge < -0.3 is 10.3 Å². The van der Waals surface area contributed by atoms with Crippen molar-refractivity contribution in [2.75, 3.05) is 0 Å². The maximum Gasteiger partial charge on any atom is 0.335 e. The van der Waals surface area contributed by atoms with Crippen molar-refractivity contribution in [3.63, 3.8) is 0 Å². The minimum Gasteiger partial charge on any atom is -0.478 e. The van der Waals surface area contributed by atoms with Crippen LogP contribution in [0, 0.1) is 16.6 Å². The molecule has 150 valence electrons. The van der Waals surface area contributed by atoms with Crippen molar-refractivity contribution < 1.29 is 19.5 Å². The second-order valence-corrected chi connectivity index (χ2v) is 8.84. The molecular formula is C23H28FNO3. The van der Waals surface area contributed by atoms with E-state index in [2.05, 4.69) is 38.9 Å². The normalized spacial score (nSPS) is 22.6. The fraction of sp³-hybridized carbons (Fsp3) is 0.391. The highest BCUT2D eigenvalue weighted by atomic mass is 19.1. The predicted molar refractivity (Wildman–Crippen MR) is 110 cm³/mol. The van der Waals surface area contributed by atoms with Gasteiger partial charge in [-0.05, 0) is 60.0 Å². The maximum atomic E-state index is 14.1. The molecular weight excluding hydrogens is 357 g/mol. The van der Waals surface area contributed by atoms with Gasteiger partial charge in [-0.25, -0.2) is 9.18 Å². The van der Waals surface area contributed by atoms with Crippen LogP contribution >= 0.6 is 0 Å². The topological polar surface area (TPSA) is 69.9 Å². The second-order valence-electron chi connectivity index (χ2n) is 8.84. The van der Waals surface area contributed by atoms with Crippen molar-refractivity contribution in [2.24, 2.45) is 16.0 Å². The third-order valence-corrected chi connectivity index (χ3v) is 4.87. The van der Waals surface area contributed by atoms with Crippen LogP contribution in [0.1, 0.15) is 62.9 Å². The van der Waals surface area contributed by atoms with E-state index in [0.29, 0.717) is 5.71 Å². The van der Waals surface area contributed by atoms with Crippen molar-refractivity contribution in [2.45, 2.75) is 47.0 Å². The highest BCUT2D eigenvalue weighted by Gasteiger charge is 2.28. The molecule has 0 unspecified atom stereocenters. The third kappa shape index (κ3) is 5.91. The number of nitrogens with zero attached hydrogens (tertiary/aromatic N) is 1. The molecule has 0 radical (unpaired) electrons. The van der Waals surface area contributed by atoms with E-state index < -0.39 is 11.8 Å². The van der Waals surface area contributed by atoms with E-state index in [4.69, 9.17) is 5.11 Å². The lowest BCUT2D eigenvalue weighted by molar-refractivity contribution is 0.0696. The first-order chi connectivity index (χ1) is 13.0. The third-order valence-electron chi connectivity index (χ3n) is 4.87. The lowest BCUT2D eigenvalue weighted by Gasteiger charge is -2.33. The summed E-state index contributed by atoms with van der Waals surface area (Å²) in [6.45, 7) is 8.93. The number of rotatable bonds is 4. The molecule has 1 aromatic rings. The summed E-state index contributed by atoms with van der Waals surface area (Å²) in [6.07, 6.45) is 11.9. The summed E-state index contributed by atoms with van der Waals surface area (Å²) in [6, 6.07) is 3.70. The van der Waals surface area contributed by atoms with Crippen LogP contribution in [0.5, 0.6) is 0 Å². The predicted octanol–water partition coefficient (Wildman–Crippen LogP) is 6.09. The van der Waals surface area contributed by atoms with Gasteiger partial charge in [0.15, 0.2) is 0 Å². The molecule has 0 bridgehead atoms. The monoisotopic (exact) mass is 385 g/mol. The van der Waals surface area contributed by atoms with Crippen LogP contribution in [0.25, 0.3) is 6.08 Å². The molecule has 1 aliphatic carbocycles. The standard InChI is InChI=1S/C23H28FNO3/c1-22(2)12-5-6-17(11-13-23(3,4)15-22)20(25-28)10-9-16-7-8-18(21(26)27)14-19(16)24/h5-11,14,28H,12-13,15H2,1-4H3,(H,26,27)/b6-5-,10-9+,17-11+,25-20+. The van der Waals surface area contributed by atoms with Gasteiger partial charge in [-0.2, -0.15) is 0 Å². The Balaban J connectivity index is 2.30. The summed E-state index contributed by atoms with van der Waals surface area (Å²) < 4.78 is 14.1. The molecule has 0 atom stereocenters. The fourth-order valence-electron chi connectivity index (χ4n) is 3.74. The molecule has 0 spiro atoms. The zero-order valence-corrected chi connectivity index (χ0v) is 16.9. The van der Waals surface area contributed by atoms with E-state index >= 15 is 0 Å². The van der Waals surface area contributed by atoms with Gasteiger partial charge in [-0.3, -0.25) is 0 Å². The number of carbonyl (C=O) groups is 1. The number of hydrogen-bond donors (Lipinski definition) is 2. The first-order valence-corrected chi connectivity index (χ1v) is 9.33. The van der Waals surface area contributed by atoms with Crippen LogP contribution in [0.4, 0.5) is 4.39 Å². The molecule has 0 amide bonds. The Bertz CT molecular complexity index is 861. The number of benzene rings is 1. The van der Waals surface area contributed by atoms with Crippen molar-refractivity contribution in [3.05, 3.63) is 65.0 Å². The molecule has 0 saturated carbocycles. The number of carboxylic acids is 1. The largest absolute Gasteiger partial charge is 0.478 e.